The second-order valence-corrected chi connectivity index (χ2v) is 2.90. The van der Waals surface area contributed by atoms with E-state index in [9.17, 15) is 4.79 Å². The number of nitrogens with zero attached hydrogens (tertiary/aromatic N) is 2. The molecule has 0 bridgehead atoms. The zero-order valence-electron chi connectivity index (χ0n) is 6.20. The van der Waals surface area contributed by atoms with Crippen molar-refractivity contribution in [2.75, 3.05) is 7.11 Å². The normalized spacial score (nSPS) is 10.4. The van der Waals surface area contributed by atoms with E-state index >= 15 is 0 Å². The highest BCUT2D eigenvalue weighted by molar-refractivity contribution is 7.13. The maximum absolute atomic E-state index is 11.1. The zero-order valence-corrected chi connectivity index (χ0v) is 7.01. The summed E-state index contributed by atoms with van der Waals surface area (Å²) in [5, 5.41) is 3.79. The molecule has 0 amide bonds. The van der Waals surface area contributed by atoms with Crippen molar-refractivity contribution in [1.82, 2.24) is 14.6 Å². The van der Waals surface area contributed by atoms with Crippen LogP contribution in [0.5, 0.6) is 0 Å². The van der Waals surface area contributed by atoms with Crippen molar-refractivity contribution in [3.05, 3.63) is 11.9 Å². The quantitative estimate of drug-likeness (QED) is 0.664. The largest absolute Gasteiger partial charge is 0.464 e. The summed E-state index contributed by atoms with van der Waals surface area (Å²) in [4.78, 5) is 13.9. The molecule has 0 atom stereocenters. The van der Waals surface area contributed by atoms with E-state index in [0.29, 0.717) is 11.2 Å². The summed E-state index contributed by atoms with van der Waals surface area (Å²) in [5.74, 6) is -0.393. The number of fused-ring (bicyclic) bond motifs is 1. The van der Waals surface area contributed by atoms with E-state index in [-0.39, 0.29) is 0 Å². The molecule has 0 aromatic carbocycles. The number of esters is 1. The molecule has 0 unspecified atom stereocenters. The van der Waals surface area contributed by atoms with Gasteiger partial charge in [0.25, 0.3) is 0 Å². The summed E-state index contributed by atoms with van der Waals surface area (Å²) in [5.41, 5.74) is 1.11. The first-order valence-electron chi connectivity index (χ1n) is 3.20. The summed E-state index contributed by atoms with van der Waals surface area (Å²) in [7, 11) is 1.34. The molecule has 6 heteroatoms. The van der Waals surface area contributed by atoms with E-state index in [1.54, 1.807) is 6.20 Å². The van der Waals surface area contributed by atoms with Crippen LogP contribution in [0.3, 0.4) is 0 Å². The Kier molecular flexibility index (Phi) is 1.54. The Hall–Kier alpha value is -1.43. The standard InChI is InChI=1S/C6H5N3O2S/c1-11-6(10)4-5-3(2-7-4)8-9-12-5/h2,7H,1H3. The summed E-state index contributed by atoms with van der Waals surface area (Å²) in [6.07, 6.45) is 1.63. The van der Waals surface area contributed by atoms with Crippen molar-refractivity contribution in [3.63, 3.8) is 0 Å². The lowest BCUT2D eigenvalue weighted by molar-refractivity contribution is 0.0597. The van der Waals surface area contributed by atoms with E-state index in [0.717, 1.165) is 4.70 Å². The van der Waals surface area contributed by atoms with Crippen molar-refractivity contribution in [3.8, 4) is 0 Å². The molecule has 12 heavy (non-hydrogen) atoms. The molecule has 2 aromatic heterocycles. The minimum atomic E-state index is -0.393. The monoisotopic (exact) mass is 183 g/mol. The van der Waals surface area contributed by atoms with Crippen LogP contribution in [0, 0.1) is 0 Å². The molecule has 0 radical (unpaired) electrons. The second kappa shape index (κ2) is 2.56. The SMILES string of the molecule is COC(=O)c1[nH]cc2nnsc12. The first kappa shape index (κ1) is 7.23. The van der Waals surface area contributed by atoms with Crippen molar-refractivity contribution < 1.29 is 9.53 Å². The lowest BCUT2D eigenvalue weighted by Gasteiger charge is -1.92. The van der Waals surface area contributed by atoms with Crippen molar-refractivity contribution in [2.24, 2.45) is 0 Å². The fraction of sp³-hybridized carbons (Fsp3) is 0.167. The molecule has 5 nitrogen and oxygen atoms in total. The lowest BCUT2D eigenvalue weighted by Crippen LogP contribution is -2.00. The number of carbonyl (C=O) groups is 1. The van der Waals surface area contributed by atoms with E-state index in [1.807, 2.05) is 0 Å². The molecule has 0 spiro atoms. The number of rotatable bonds is 1. The first-order chi connectivity index (χ1) is 5.83. The van der Waals surface area contributed by atoms with Gasteiger partial charge in [0.2, 0.25) is 0 Å². The Bertz CT molecular complexity index is 419. The molecule has 62 valence electrons. The number of aromatic nitrogens is 3. The smallest absolute Gasteiger partial charge is 0.356 e. The Morgan fingerprint density at radius 2 is 2.58 bits per heavy atom. The third-order valence-electron chi connectivity index (χ3n) is 1.48. The molecule has 2 aromatic rings. The van der Waals surface area contributed by atoms with Crippen LogP contribution < -0.4 is 0 Å². The van der Waals surface area contributed by atoms with Crippen LogP contribution >= 0.6 is 11.5 Å². The number of carbonyl (C=O) groups excluding carboxylic acids is 1. The van der Waals surface area contributed by atoms with Crippen molar-refractivity contribution >= 4 is 27.7 Å². The van der Waals surface area contributed by atoms with Crippen LogP contribution in [0.2, 0.25) is 0 Å². The van der Waals surface area contributed by atoms with Crippen LogP contribution in [-0.2, 0) is 4.74 Å². The molecule has 0 saturated heterocycles. The van der Waals surface area contributed by atoms with Crippen LogP contribution in [0.4, 0.5) is 0 Å². The maximum Gasteiger partial charge on any atom is 0.356 e. The molecule has 0 aliphatic heterocycles. The average Bonchev–Trinajstić information content (AvgIpc) is 2.62. The third kappa shape index (κ3) is 0.884. The number of ether oxygens (including phenoxy) is 1. The van der Waals surface area contributed by atoms with Gasteiger partial charge in [-0.25, -0.2) is 4.79 Å². The van der Waals surface area contributed by atoms with Gasteiger partial charge < -0.3 is 9.72 Å². The number of hydrogen-bond acceptors (Lipinski definition) is 5. The highest BCUT2D eigenvalue weighted by Gasteiger charge is 2.14. The van der Waals surface area contributed by atoms with E-state index < -0.39 is 5.97 Å². The van der Waals surface area contributed by atoms with Gasteiger partial charge in [-0.3, -0.25) is 0 Å². The van der Waals surface area contributed by atoms with Gasteiger partial charge in [0, 0.05) is 6.20 Å². The van der Waals surface area contributed by atoms with Gasteiger partial charge in [-0.15, -0.1) is 5.10 Å². The Morgan fingerprint density at radius 3 is 3.33 bits per heavy atom. The van der Waals surface area contributed by atoms with Gasteiger partial charge >= 0.3 is 5.97 Å². The van der Waals surface area contributed by atoms with E-state index in [4.69, 9.17) is 0 Å². The molecule has 0 aliphatic rings. The Labute approximate surface area is 71.5 Å². The molecule has 0 fully saturated rings. The molecule has 2 heterocycles. The van der Waals surface area contributed by atoms with Gasteiger partial charge in [-0.1, -0.05) is 4.49 Å². The van der Waals surface area contributed by atoms with Crippen LogP contribution in [0.25, 0.3) is 10.2 Å². The first-order valence-corrected chi connectivity index (χ1v) is 3.98. The molecular weight excluding hydrogens is 178 g/mol. The highest BCUT2D eigenvalue weighted by Crippen LogP contribution is 2.19. The van der Waals surface area contributed by atoms with Crippen LogP contribution in [0.1, 0.15) is 10.5 Å². The van der Waals surface area contributed by atoms with Crippen molar-refractivity contribution in [2.45, 2.75) is 0 Å². The molecule has 2 rings (SSSR count). The second-order valence-electron chi connectivity index (χ2n) is 2.14. The van der Waals surface area contributed by atoms with E-state index in [2.05, 4.69) is 19.3 Å². The predicted molar refractivity (Wildman–Crippen MR) is 43.1 cm³/mol. The number of hydrogen-bond donors (Lipinski definition) is 1. The summed E-state index contributed by atoms with van der Waals surface area (Å²) in [6.45, 7) is 0. The predicted octanol–water partition coefficient (Wildman–Crippen LogP) is 0.806. The Morgan fingerprint density at radius 1 is 1.75 bits per heavy atom. The summed E-state index contributed by atoms with van der Waals surface area (Å²) < 4.78 is 8.99. The molecule has 1 N–H and O–H groups in total. The topological polar surface area (TPSA) is 67.9 Å². The fourth-order valence-corrected chi connectivity index (χ4v) is 1.56. The van der Waals surface area contributed by atoms with Crippen LogP contribution in [0.15, 0.2) is 6.20 Å². The van der Waals surface area contributed by atoms with Crippen LogP contribution in [-0.4, -0.2) is 27.7 Å². The maximum atomic E-state index is 11.1. The fourth-order valence-electron chi connectivity index (χ4n) is 0.925. The minimum absolute atomic E-state index is 0.393. The molecule has 0 aliphatic carbocycles. The van der Waals surface area contributed by atoms with Gasteiger partial charge in [-0.05, 0) is 11.5 Å². The van der Waals surface area contributed by atoms with Gasteiger partial charge in [0.05, 0.1) is 7.11 Å². The average molecular weight is 183 g/mol. The summed E-state index contributed by atoms with van der Waals surface area (Å²) in [6, 6.07) is 0. The number of methoxy groups -OCH3 is 1. The minimum Gasteiger partial charge on any atom is -0.464 e. The lowest BCUT2D eigenvalue weighted by atomic mass is 10.4. The third-order valence-corrected chi connectivity index (χ3v) is 2.24. The molecule has 0 saturated carbocycles. The van der Waals surface area contributed by atoms with Crippen molar-refractivity contribution in [1.29, 1.82) is 0 Å². The number of nitrogens with one attached hydrogen (secondary N) is 1. The Balaban J connectivity index is 2.61. The van der Waals surface area contributed by atoms with Gasteiger partial charge in [-0.2, -0.15) is 0 Å². The van der Waals surface area contributed by atoms with Gasteiger partial charge in [0.1, 0.15) is 15.9 Å². The molecular formula is C6H5N3O2S. The number of H-pyrrole nitrogens is 1. The highest BCUT2D eigenvalue weighted by atomic mass is 32.1. The van der Waals surface area contributed by atoms with Gasteiger partial charge in [0.15, 0.2) is 0 Å². The summed E-state index contributed by atoms with van der Waals surface area (Å²) >= 11 is 1.17. The number of aromatic amines is 1. The van der Waals surface area contributed by atoms with E-state index in [1.165, 1.54) is 18.6 Å². The zero-order chi connectivity index (χ0) is 8.55.